The van der Waals surface area contributed by atoms with Gasteiger partial charge in [0.25, 0.3) is 0 Å². The highest BCUT2D eigenvalue weighted by molar-refractivity contribution is 5.03. The summed E-state index contributed by atoms with van der Waals surface area (Å²) in [6.45, 7) is 10.0. The third kappa shape index (κ3) is 5.41. The molecule has 0 heterocycles. The molecule has 2 atom stereocenters. The Morgan fingerprint density at radius 3 is 2.36 bits per heavy atom. The van der Waals surface area contributed by atoms with Crippen molar-refractivity contribution in [3.63, 3.8) is 0 Å². The van der Waals surface area contributed by atoms with Gasteiger partial charge < -0.3 is 0 Å². The molecule has 0 aliphatic heterocycles. The average molecular weight is 200 g/mol. The van der Waals surface area contributed by atoms with E-state index < -0.39 is 6.17 Å². The highest BCUT2D eigenvalue weighted by Gasteiger charge is 2.16. The van der Waals surface area contributed by atoms with Gasteiger partial charge in [0.15, 0.2) is 0 Å². The van der Waals surface area contributed by atoms with Gasteiger partial charge in [-0.15, -0.1) is 0 Å². The van der Waals surface area contributed by atoms with E-state index in [0.29, 0.717) is 0 Å². The van der Waals surface area contributed by atoms with E-state index in [1.165, 1.54) is 19.3 Å². The molecule has 0 aromatic rings. The first kappa shape index (κ1) is 13.7. The van der Waals surface area contributed by atoms with Crippen molar-refractivity contribution in [2.75, 3.05) is 0 Å². The smallest absolute Gasteiger partial charge is 0.123 e. The minimum Gasteiger partial charge on any atom is -0.242 e. The predicted molar refractivity (Wildman–Crippen MR) is 62.3 cm³/mol. The highest BCUT2D eigenvalue weighted by atomic mass is 19.1. The van der Waals surface area contributed by atoms with Gasteiger partial charge in [0.1, 0.15) is 6.17 Å². The molecule has 0 spiro atoms. The Balaban J connectivity index is 3.62. The summed E-state index contributed by atoms with van der Waals surface area (Å²) < 4.78 is 13.6. The maximum atomic E-state index is 13.6. The molecular weight excluding hydrogens is 175 g/mol. The summed E-state index contributed by atoms with van der Waals surface area (Å²) in [4.78, 5) is 0. The molecule has 0 amide bonds. The van der Waals surface area contributed by atoms with Crippen LogP contribution in [-0.2, 0) is 0 Å². The second-order valence-corrected chi connectivity index (χ2v) is 4.26. The van der Waals surface area contributed by atoms with E-state index in [9.17, 15) is 4.39 Å². The molecule has 0 aliphatic carbocycles. The summed E-state index contributed by atoms with van der Waals surface area (Å²) in [5.41, 5.74) is 0.801. The monoisotopic (exact) mass is 200 g/mol. The Kier molecular flexibility index (Phi) is 7.83. The van der Waals surface area contributed by atoms with Gasteiger partial charge in [0, 0.05) is 0 Å². The molecule has 0 bridgehead atoms. The second kappa shape index (κ2) is 8.02. The van der Waals surface area contributed by atoms with Gasteiger partial charge >= 0.3 is 0 Å². The molecule has 0 saturated carbocycles. The number of halogens is 1. The second-order valence-electron chi connectivity index (χ2n) is 4.26. The molecule has 0 aliphatic rings. The Morgan fingerprint density at radius 1 is 1.21 bits per heavy atom. The van der Waals surface area contributed by atoms with Crippen LogP contribution in [0.3, 0.4) is 0 Å². The van der Waals surface area contributed by atoms with Crippen LogP contribution in [0.1, 0.15) is 59.3 Å². The van der Waals surface area contributed by atoms with Crippen molar-refractivity contribution in [2.24, 2.45) is 5.92 Å². The summed E-state index contributed by atoms with van der Waals surface area (Å²) in [5.74, 6) is 0.133. The van der Waals surface area contributed by atoms with Crippen LogP contribution < -0.4 is 0 Å². The zero-order valence-electron chi connectivity index (χ0n) is 9.98. The lowest BCUT2D eigenvalue weighted by molar-refractivity contribution is 0.270. The molecule has 0 radical (unpaired) electrons. The molecule has 0 N–H and O–H groups in total. The van der Waals surface area contributed by atoms with Gasteiger partial charge in [-0.1, -0.05) is 53.0 Å². The Morgan fingerprint density at radius 2 is 1.86 bits per heavy atom. The number of hydrogen-bond donors (Lipinski definition) is 0. The minimum absolute atomic E-state index is 0.133. The topological polar surface area (TPSA) is 0 Å². The quantitative estimate of drug-likeness (QED) is 0.386. The lowest BCUT2D eigenvalue weighted by Crippen LogP contribution is -2.14. The van der Waals surface area contributed by atoms with Crippen LogP contribution in [0, 0.1) is 5.92 Å². The zero-order chi connectivity index (χ0) is 11.0. The summed E-state index contributed by atoms with van der Waals surface area (Å²) in [6.07, 6.45) is 5.78. The van der Waals surface area contributed by atoms with E-state index in [-0.39, 0.29) is 5.92 Å². The average Bonchev–Trinajstić information content (AvgIpc) is 2.21. The van der Waals surface area contributed by atoms with Crippen molar-refractivity contribution >= 4 is 0 Å². The van der Waals surface area contributed by atoms with Crippen LogP contribution >= 0.6 is 0 Å². The first-order valence-corrected chi connectivity index (χ1v) is 5.95. The van der Waals surface area contributed by atoms with E-state index in [1.54, 1.807) is 0 Å². The van der Waals surface area contributed by atoms with Crippen molar-refractivity contribution in [2.45, 2.75) is 65.5 Å². The first-order chi connectivity index (χ1) is 6.63. The summed E-state index contributed by atoms with van der Waals surface area (Å²) in [5, 5.41) is 0. The minimum atomic E-state index is -0.790. The summed E-state index contributed by atoms with van der Waals surface area (Å²) in [6, 6.07) is 0. The zero-order valence-corrected chi connectivity index (χ0v) is 9.98. The Labute approximate surface area is 88.6 Å². The van der Waals surface area contributed by atoms with Crippen molar-refractivity contribution in [3.8, 4) is 0 Å². The largest absolute Gasteiger partial charge is 0.242 e. The number of unbranched alkanes of at least 4 members (excludes halogenated alkanes) is 3. The molecule has 1 heteroatoms. The van der Waals surface area contributed by atoms with Crippen molar-refractivity contribution in [3.05, 3.63) is 12.2 Å². The van der Waals surface area contributed by atoms with Crippen LogP contribution in [0.15, 0.2) is 12.2 Å². The highest BCUT2D eigenvalue weighted by Crippen LogP contribution is 2.22. The van der Waals surface area contributed by atoms with Crippen LogP contribution in [0.4, 0.5) is 4.39 Å². The number of rotatable bonds is 8. The number of allylic oxidation sites excluding steroid dienone is 1. The summed E-state index contributed by atoms with van der Waals surface area (Å²) >= 11 is 0. The van der Waals surface area contributed by atoms with E-state index in [4.69, 9.17) is 0 Å². The van der Waals surface area contributed by atoms with Gasteiger partial charge in [-0.2, -0.15) is 0 Å². The maximum absolute atomic E-state index is 13.6. The lowest BCUT2D eigenvalue weighted by Gasteiger charge is -2.17. The standard InChI is InChI=1S/C13H25F/c1-5-7-8-9-10-12(4)13(14)11(3)6-2/h11,13H,4-10H2,1-3H3/t11?,13-/m0/s1. The molecule has 0 nitrogen and oxygen atoms in total. The molecular formula is C13H25F. The lowest BCUT2D eigenvalue weighted by atomic mass is 9.94. The van der Waals surface area contributed by atoms with E-state index in [0.717, 1.165) is 24.8 Å². The van der Waals surface area contributed by atoms with Crippen LogP contribution in [0.25, 0.3) is 0 Å². The van der Waals surface area contributed by atoms with Gasteiger partial charge in [0.2, 0.25) is 0 Å². The number of hydrogen-bond acceptors (Lipinski definition) is 0. The fourth-order valence-corrected chi connectivity index (χ4v) is 1.53. The Hall–Kier alpha value is -0.330. The third-order valence-corrected chi connectivity index (χ3v) is 2.88. The molecule has 0 fully saturated rings. The fourth-order valence-electron chi connectivity index (χ4n) is 1.53. The third-order valence-electron chi connectivity index (χ3n) is 2.88. The maximum Gasteiger partial charge on any atom is 0.123 e. The molecule has 0 saturated heterocycles. The van der Waals surface area contributed by atoms with Gasteiger partial charge in [-0.05, 0) is 24.3 Å². The van der Waals surface area contributed by atoms with Crippen molar-refractivity contribution < 1.29 is 4.39 Å². The molecule has 0 aromatic carbocycles. The first-order valence-electron chi connectivity index (χ1n) is 5.95. The van der Waals surface area contributed by atoms with E-state index in [1.807, 2.05) is 13.8 Å². The van der Waals surface area contributed by atoms with Crippen LogP contribution in [-0.4, -0.2) is 6.17 Å². The fraction of sp³-hybridized carbons (Fsp3) is 0.846. The van der Waals surface area contributed by atoms with Crippen molar-refractivity contribution in [1.29, 1.82) is 0 Å². The van der Waals surface area contributed by atoms with Gasteiger partial charge in [-0.3, -0.25) is 0 Å². The molecule has 0 rings (SSSR count). The van der Waals surface area contributed by atoms with Gasteiger partial charge in [0.05, 0.1) is 0 Å². The normalized spacial score (nSPS) is 15.1. The molecule has 0 aromatic heterocycles. The number of alkyl halides is 1. The van der Waals surface area contributed by atoms with Crippen LogP contribution in [0.5, 0.6) is 0 Å². The van der Waals surface area contributed by atoms with Gasteiger partial charge in [-0.25, -0.2) is 4.39 Å². The van der Waals surface area contributed by atoms with Crippen molar-refractivity contribution in [1.82, 2.24) is 0 Å². The predicted octanol–water partition coefficient (Wildman–Crippen LogP) is 4.90. The van der Waals surface area contributed by atoms with Crippen LogP contribution in [0.2, 0.25) is 0 Å². The molecule has 84 valence electrons. The Bertz CT molecular complexity index is 151. The summed E-state index contributed by atoms with van der Waals surface area (Å²) in [7, 11) is 0. The van der Waals surface area contributed by atoms with E-state index >= 15 is 0 Å². The molecule has 1 unspecified atom stereocenters. The SMILES string of the molecule is C=C(CCCCCC)[C@@H](F)C(C)CC. The van der Waals surface area contributed by atoms with E-state index in [2.05, 4.69) is 13.5 Å². The molecule has 14 heavy (non-hydrogen) atoms.